The topological polar surface area (TPSA) is 58.2 Å². The average Bonchev–Trinajstić information content (AvgIpc) is 2.16. The van der Waals surface area contributed by atoms with Crippen molar-refractivity contribution in [3.63, 3.8) is 0 Å². The standard InChI is InChI=1S/C12H16N2O2/c1-8(2)10-5-4-6-11(7-10)14-12(16)13-9(3)15/h4-8H,1-3H3,(H2,13,14,15,16). The van der Waals surface area contributed by atoms with E-state index in [-0.39, 0.29) is 5.91 Å². The molecule has 86 valence electrons. The summed E-state index contributed by atoms with van der Waals surface area (Å²) in [4.78, 5) is 21.9. The Morgan fingerprint density at radius 1 is 1.25 bits per heavy atom. The van der Waals surface area contributed by atoms with Crippen molar-refractivity contribution >= 4 is 17.6 Å². The van der Waals surface area contributed by atoms with Crippen molar-refractivity contribution < 1.29 is 9.59 Å². The molecule has 0 saturated carbocycles. The van der Waals surface area contributed by atoms with Gasteiger partial charge in [0.05, 0.1) is 0 Å². The first kappa shape index (κ1) is 12.2. The lowest BCUT2D eigenvalue weighted by Gasteiger charge is -2.09. The average molecular weight is 220 g/mol. The van der Waals surface area contributed by atoms with E-state index in [1.165, 1.54) is 6.92 Å². The summed E-state index contributed by atoms with van der Waals surface area (Å²) in [6, 6.07) is 7.04. The van der Waals surface area contributed by atoms with Gasteiger partial charge in [-0.05, 0) is 23.6 Å². The van der Waals surface area contributed by atoms with Crippen LogP contribution < -0.4 is 10.6 Å². The first-order valence-electron chi connectivity index (χ1n) is 5.17. The third-order valence-electron chi connectivity index (χ3n) is 2.10. The molecule has 0 heterocycles. The SMILES string of the molecule is CC(=O)NC(=O)Nc1cccc(C(C)C)c1. The van der Waals surface area contributed by atoms with Gasteiger partial charge < -0.3 is 5.32 Å². The Bertz CT molecular complexity index is 400. The monoisotopic (exact) mass is 220 g/mol. The number of anilines is 1. The highest BCUT2D eigenvalue weighted by Crippen LogP contribution is 2.18. The van der Waals surface area contributed by atoms with E-state index in [2.05, 4.69) is 24.5 Å². The summed E-state index contributed by atoms with van der Waals surface area (Å²) >= 11 is 0. The van der Waals surface area contributed by atoms with E-state index < -0.39 is 6.03 Å². The van der Waals surface area contributed by atoms with Gasteiger partial charge in [0.2, 0.25) is 5.91 Å². The Kier molecular flexibility index (Phi) is 4.05. The molecule has 0 saturated heterocycles. The molecule has 0 aromatic heterocycles. The molecule has 2 N–H and O–H groups in total. The number of hydrogen-bond donors (Lipinski definition) is 2. The summed E-state index contributed by atoms with van der Waals surface area (Å²) in [7, 11) is 0. The molecule has 4 heteroatoms. The largest absolute Gasteiger partial charge is 0.325 e. The zero-order valence-corrected chi connectivity index (χ0v) is 9.70. The van der Waals surface area contributed by atoms with Crippen LogP contribution in [0.4, 0.5) is 10.5 Å². The Labute approximate surface area is 95.0 Å². The van der Waals surface area contributed by atoms with Crippen molar-refractivity contribution in [1.82, 2.24) is 5.32 Å². The van der Waals surface area contributed by atoms with E-state index in [4.69, 9.17) is 0 Å². The number of nitrogens with one attached hydrogen (secondary N) is 2. The van der Waals surface area contributed by atoms with Crippen molar-refractivity contribution in [3.05, 3.63) is 29.8 Å². The third-order valence-corrected chi connectivity index (χ3v) is 2.10. The molecular weight excluding hydrogens is 204 g/mol. The maximum atomic E-state index is 11.3. The predicted molar refractivity (Wildman–Crippen MR) is 63.4 cm³/mol. The predicted octanol–water partition coefficient (Wildman–Crippen LogP) is 2.48. The smallest absolute Gasteiger partial charge is 0.308 e. The molecule has 0 aliphatic heterocycles. The number of rotatable bonds is 2. The quantitative estimate of drug-likeness (QED) is 0.804. The van der Waals surface area contributed by atoms with Crippen molar-refractivity contribution in [2.45, 2.75) is 26.7 Å². The molecular formula is C12H16N2O2. The second kappa shape index (κ2) is 5.30. The number of carbonyl (C=O) groups is 2. The van der Waals surface area contributed by atoms with Crippen LogP contribution in [0.1, 0.15) is 32.3 Å². The minimum absolute atomic E-state index is 0.377. The van der Waals surface area contributed by atoms with Crippen LogP contribution in [0.3, 0.4) is 0 Å². The summed E-state index contributed by atoms with van der Waals surface area (Å²) in [5.41, 5.74) is 1.82. The summed E-state index contributed by atoms with van der Waals surface area (Å²) in [5.74, 6) is 0.0233. The fourth-order valence-corrected chi connectivity index (χ4v) is 1.30. The maximum Gasteiger partial charge on any atom is 0.325 e. The van der Waals surface area contributed by atoms with E-state index in [1.54, 1.807) is 6.07 Å². The Balaban J connectivity index is 2.70. The van der Waals surface area contributed by atoms with Gasteiger partial charge in [0, 0.05) is 12.6 Å². The number of hydrogen-bond acceptors (Lipinski definition) is 2. The number of imide groups is 1. The molecule has 0 radical (unpaired) electrons. The lowest BCUT2D eigenvalue weighted by atomic mass is 10.0. The second-order valence-electron chi connectivity index (χ2n) is 3.92. The molecule has 16 heavy (non-hydrogen) atoms. The molecule has 0 spiro atoms. The van der Waals surface area contributed by atoms with E-state index in [9.17, 15) is 9.59 Å². The molecule has 0 aliphatic rings. The molecule has 0 aliphatic carbocycles. The van der Waals surface area contributed by atoms with Crippen molar-refractivity contribution in [1.29, 1.82) is 0 Å². The van der Waals surface area contributed by atoms with Gasteiger partial charge in [0.15, 0.2) is 0 Å². The van der Waals surface area contributed by atoms with Gasteiger partial charge in [-0.15, -0.1) is 0 Å². The maximum absolute atomic E-state index is 11.3. The Morgan fingerprint density at radius 2 is 1.94 bits per heavy atom. The summed E-state index contributed by atoms with van der Waals surface area (Å²) in [6.45, 7) is 5.45. The molecule has 1 aromatic rings. The van der Waals surface area contributed by atoms with Crippen LogP contribution in [0, 0.1) is 0 Å². The summed E-state index contributed by atoms with van der Waals surface area (Å²) in [6.07, 6.45) is 0. The fourth-order valence-electron chi connectivity index (χ4n) is 1.30. The van der Waals surface area contributed by atoms with Crippen LogP contribution in [0.5, 0.6) is 0 Å². The van der Waals surface area contributed by atoms with Crippen molar-refractivity contribution in [3.8, 4) is 0 Å². The normalized spacial score (nSPS) is 10.0. The lowest BCUT2D eigenvalue weighted by molar-refractivity contribution is -0.117. The number of amides is 3. The zero-order valence-electron chi connectivity index (χ0n) is 9.70. The molecule has 0 unspecified atom stereocenters. The number of benzene rings is 1. The van der Waals surface area contributed by atoms with Crippen LogP contribution in [0.15, 0.2) is 24.3 Å². The van der Waals surface area contributed by atoms with E-state index >= 15 is 0 Å². The van der Waals surface area contributed by atoms with Gasteiger partial charge in [0.1, 0.15) is 0 Å². The Hall–Kier alpha value is -1.84. The first-order chi connectivity index (χ1) is 7.49. The highest BCUT2D eigenvalue weighted by atomic mass is 16.2. The summed E-state index contributed by atoms with van der Waals surface area (Å²) < 4.78 is 0. The first-order valence-corrected chi connectivity index (χ1v) is 5.17. The van der Waals surface area contributed by atoms with Crippen LogP contribution >= 0.6 is 0 Å². The summed E-state index contributed by atoms with van der Waals surface area (Å²) in [5, 5.41) is 4.75. The second-order valence-corrected chi connectivity index (χ2v) is 3.92. The van der Waals surface area contributed by atoms with Gasteiger partial charge in [-0.25, -0.2) is 4.79 Å². The minimum atomic E-state index is -0.506. The van der Waals surface area contributed by atoms with Crippen molar-refractivity contribution in [2.75, 3.05) is 5.32 Å². The van der Waals surface area contributed by atoms with Crippen LogP contribution in [-0.4, -0.2) is 11.9 Å². The van der Waals surface area contributed by atoms with Gasteiger partial charge >= 0.3 is 6.03 Å². The van der Waals surface area contributed by atoms with Crippen LogP contribution in [0.25, 0.3) is 0 Å². The molecule has 1 rings (SSSR count). The van der Waals surface area contributed by atoms with Crippen LogP contribution in [-0.2, 0) is 4.79 Å². The highest BCUT2D eigenvalue weighted by Gasteiger charge is 2.05. The Morgan fingerprint density at radius 3 is 2.50 bits per heavy atom. The molecule has 0 bridgehead atoms. The van der Waals surface area contributed by atoms with Gasteiger partial charge in [-0.2, -0.15) is 0 Å². The van der Waals surface area contributed by atoms with E-state index in [1.807, 2.05) is 18.2 Å². The number of urea groups is 1. The van der Waals surface area contributed by atoms with Gasteiger partial charge in [0.25, 0.3) is 0 Å². The van der Waals surface area contributed by atoms with Crippen molar-refractivity contribution in [2.24, 2.45) is 0 Å². The number of carbonyl (C=O) groups excluding carboxylic acids is 2. The van der Waals surface area contributed by atoms with Gasteiger partial charge in [-0.1, -0.05) is 26.0 Å². The highest BCUT2D eigenvalue weighted by molar-refractivity contribution is 6.00. The molecule has 1 aromatic carbocycles. The lowest BCUT2D eigenvalue weighted by Crippen LogP contribution is -2.32. The van der Waals surface area contributed by atoms with E-state index in [0.29, 0.717) is 11.6 Å². The molecule has 0 atom stereocenters. The minimum Gasteiger partial charge on any atom is -0.308 e. The van der Waals surface area contributed by atoms with Gasteiger partial charge in [-0.3, -0.25) is 10.1 Å². The zero-order chi connectivity index (χ0) is 12.1. The van der Waals surface area contributed by atoms with Crippen LogP contribution in [0.2, 0.25) is 0 Å². The fraction of sp³-hybridized carbons (Fsp3) is 0.333. The third kappa shape index (κ3) is 3.73. The molecule has 0 fully saturated rings. The van der Waals surface area contributed by atoms with E-state index in [0.717, 1.165) is 5.56 Å². The molecule has 4 nitrogen and oxygen atoms in total. The molecule has 3 amide bonds.